The van der Waals surface area contributed by atoms with Crippen LogP contribution in [0, 0.1) is 6.92 Å². The first-order chi connectivity index (χ1) is 8.56. The Morgan fingerprint density at radius 2 is 2.22 bits per heavy atom. The van der Waals surface area contributed by atoms with Gasteiger partial charge in [-0.15, -0.1) is 0 Å². The van der Waals surface area contributed by atoms with Crippen molar-refractivity contribution >= 4 is 17.5 Å². The number of nitrogens with zero attached hydrogens (tertiary/aromatic N) is 2. The highest BCUT2D eigenvalue weighted by molar-refractivity contribution is 6.31. The third-order valence-electron chi connectivity index (χ3n) is 2.96. The van der Waals surface area contributed by atoms with Crippen LogP contribution >= 0.6 is 11.6 Å². The molecule has 0 saturated carbocycles. The minimum atomic E-state index is -0.317. The van der Waals surface area contributed by atoms with Crippen LogP contribution < -0.4 is 5.32 Å². The molecule has 1 heterocycles. The van der Waals surface area contributed by atoms with E-state index in [1.165, 1.54) is 12.8 Å². The first kappa shape index (κ1) is 15.0. The Morgan fingerprint density at radius 3 is 2.78 bits per heavy atom. The quantitative estimate of drug-likeness (QED) is 0.775. The Balaban J connectivity index is 2.37. The van der Waals surface area contributed by atoms with Gasteiger partial charge >= 0.3 is 0 Å². The zero-order valence-corrected chi connectivity index (χ0v) is 12.1. The Kier molecular flexibility index (Phi) is 6.19. The van der Waals surface area contributed by atoms with Crippen molar-refractivity contribution in [3.63, 3.8) is 0 Å². The van der Waals surface area contributed by atoms with Crippen LogP contribution in [0.25, 0.3) is 0 Å². The van der Waals surface area contributed by atoms with Crippen LogP contribution in [-0.4, -0.2) is 22.2 Å². The molecule has 0 bridgehead atoms. The van der Waals surface area contributed by atoms with Crippen molar-refractivity contribution in [1.82, 2.24) is 15.1 Å². The number of amides is 1. The number of unbranched alkanes of at least 4 members (excludes halogenated alkanes) is 3. The second-order valence-corrected chi connectivity index (χ2v) is 4.98. The van der Waals surface area contributed by atoms with Gasteiger partial charge in [0.05, 0.1) is 10.7 Å². The minimum Gasteiger partial charge on any atom is -0.354 e. The fraction of sp³-hybridized carbons (Fsp3) is 0.692. The summed E-state index contributed by atoms with van der Waals surface area (Å²) < 4.78 is 1.61. The fourth-order valence-corrected chi connectivity index (χ4v) is 1.83. The van der Waals surface area contributed by atoms with Gasteiger partial charge in [-0.25, -0.2) is 0 Å². The van der Waals surface area contributed by atoms with Gasteiger partial charge in [0.15, 0.2) is 0 Å². The number of hydrogen-bond donors (Lipinski definition) is 1. The lowest BCUT2D eigenvalue weighted by atomic mass is 10.2. The van der Waals surface area contributed by atoms with Gasteiger partial charge in [-0.3, -0.25) is 9.48 Å². The van der Waals surface area contributed by atoms with Gasteiger partial charge in [0.25, 0.3) is 0 Å². The molecule has 0 saturated heterocycles. The molecule has 0 aliphatic rings. The third kappa shape index (κ3) is 4.33. The molecular weight excluding hydrogens is 250 g/mol. The molecule has 0 fully saturated rings. The molecule has 1 N–H and O–H groups in total. The topological polar surface area (TPSA) is 46.9 Å². The van der Waals surface area contributed by atoms with Crippen LogP contribution in [0.1, 0.15) is 51.3 Å². The lowest BCUT2D eigenvalue weighted by Crippen LogP contribution is -2.32. The summed E-state index contributed by atoms with van der Waals surface area (Å²) in [7, 11) is 0. The molecular formula is C13H22ClN3O. The van der Waals surface area contributed by atoms with E-state index in [0.29, 0.717) is 5.02 Å². The first-order valence-corrected chi connectivity index (χ1v) is 6.93. The zero-order chi connectivity index (χ0) is 13.5. The highest BCUT2D eigenvalue weighted by atomic mass is 35.5. The van der Waals surface area contributed by atoms with E-state index in [2.05, 4.69) is 17.3 Å². The molecule has 102 valence electrons. The Morgan fingerprint density at radius 1 is 1.50 bits per heavy atom. The maximum Gasteiger partial charge on any atom is 0.244 e. The van der Waals surface area contributed by atoms with Crippen molar-refractivity contribution < 1.29 is 4.79 Å². The van der Waals surface area contributed by atoms with E-state index in [4.69, 9.17) is 11.6 Å². The van der Waals surface area contributed by atoms with Crippen molar-refractivity contribution in [1.29, 1.82) is 0 Å². The molecule has 5 heteroatoms. The van der Waals surface area contributed by atoms with Crippen LogP contribution in [0.3, 0.4) is 0 Å². The number of carbonyl (C=O) groups excluding carboxylic acids is 1. The summed E-state index contributed by atoms with van der Waals surface area (Å²) in [5.41, 5.74) is 0.749. The molecule has 0 aliphatic heterocycles. The molecule has 0 aliphatic carbocycles. The summed E-state index contributed by atoms with van der Waals surface area (Å²) in [5, 5.41) is 7.73. The molecule has 1 atom stereocenters. The minimum absolute atomic E-state index is 0.00864. The molecule has 1 unspecified atom stereocenters. The summed E-state index contributed by atoms with van der Waals surface area (Å²) in [5.74, 6) is -0.00864. The number of aryl methyl sites for hydroxylation is 1. The van der Waals surface area contributed by atoms with E-state index in [1.807, 2.05) is 13.8 Å². The molecule has 1 rings (SSSR count). The van der Waals surface area contributed by atoms with Crippen LogP contribution in [0.4, 0.5) is 0 Å². The molecule has 0 radical (unpaired) electrons. The van der Waals surface area contributed by atoms with E-state index in [-0.39, 0.29) is 11.9 Å². The summed E-state index contributed by atoms with van der Waals surface area (Å²) >= 11 is 5.92. The van der Waals surface area contributed by atoms with Crippen LogP contribution in [-0.2, 0) is 4.79 Å². The number of rotatable bonds is 7. The summed E-state index contributed by atoms with van der Waals surface area (Å²) in [4.78, 5) is 11.9. The molecule has 1 aromatic rings. The Labute approximate surface area is 114 Å². The highest BCUT2D eigenvalue weighted by Crippen LogP contribution is 2.15. The molecule has 1 amide bonds. The normalized spacial score (nSPS) is 12.4. The van der Waals surface area contributed by atoms with Crippen molar-refractivity contribution in [2.75, 3.05) is 6.54 Å². The van der Waals surface area contributed by atoms with Crippen molar-refractivity contribution in [2.45, 2.75) is 52.5 Å². The van der Waals surface area contributed by atoms with E-state index in [1.54, 1.807) is 10.9 Å². The summed E-state index contributed by atoms with van der Waals surface area (Å²) in [6.45, 7) is 6.56. The monoisotopic (exact) mass is 271 g/mol. The first-order valence-electron chi connectivity index (χ1n) is 6.55. The van der Waals surface area contributed by atoms with Gasteiger partial charge in [0, 0.05) is 12.7 Å². The average molecular weight is 272 g/mol. The lowest BCUT2D eigenvalue weighted by molar-refractivity contribution is -0.124. The Bertz CT molecular complexity index is 370. The molecule has 4 nitrogen and oxygen atoms in total. The van der Waals surface area contributed by atoms with Crippen LogP contribution in [0.15, 0.2) is 6.20 Å². The van der Waals surface area contributed by atoms with E-state index in [0.717, 1.165) is 25.1 Å². The largest absolute Gasteiger partial charge is 0.354 e. The van der Waals surface area contributed by atoms with Crippen molar-refractivity contribution in [3.8, 4) is 0 Å². The smallest absolute Gasteiger partial charge is 0.244 e. The van der Waals surface area contributed by atoms with E-state index < -0.39 is 0 Å². The maximum absolute atomic E-state index is 11.9. The predicted molar refractivity (Wildman–Crippen MR) is 73.8 cm³/mol. The highest BCUT2D eigenvalue weighted by Gasteiger charge is 2.16. The fourth-order valence-electron chi connectivity index (χ4n) is 1.69. The second kappa shape index (κ2) is 7.41. The van der Waals surface area contributed by atoms with Crippen molar-refractivity contribution in [2.24, 2.45) is 0 Å². The number of nitrogens with one attached hydrogen (secondary N) is 1. The molecule has 0 aromatic carbocycles. The predicted octanol–water partition coefficient (Wildman–Crippen LogP) is 3.10. The van der Waals surface area contributed by atoms with Gasteiger partial charge < -0.3 is 5.32 Å². The Hall–Kier alpha value is -1.03. The molecule has 0 spiro atoms. The summed E-state index contributed by atoms with van der Waals surface area (Å²) in [6.07, 6.45) is 6.32. The number of aromatic nitrogens is 2. The van der Waals surface area contributed by atoms with Crippen LogP contribution in [0.2, 0.25) is 5.02 Å². The van der Waals surface area contributed by atoms with Gasteiger partial charge in [-0.2, -0.15) is 5.10 Å². The number of carbonyl (C=O) groups is 1. The van der Waals surface area contributed by atoms with Gasteiger partial charge in [-0.05, 0) is 20.3 Å². The van der Waals surface area contributed by atoms with E-state index >= 15 is 0 Å². The van der Waals surface area contributed by atoms with E-state index in [9.17, 15) is 4.79 Å². The number of hydrogen-bond acceptors (Lipinski definition) is 2. The number of halogens is 1. The summed E-state index contributed by atoms with van der Waals surface area (Å²) in [6, 6.07) is -0.317. The second-order valence-electron chi connectivity index (χ2n) is 4.57. The standard InChI is InChI=1S/C13H22ClN3O/c1-4-5-6-7-8-15-13(18)11(3)17-9-12(14)10(2)16-17/h9,11H,4-8H2,1-3H3,(H,15,18). The van der Waals surface area contributed by atoms with Gasteiger partial charge in [0.1, 0.15) is 6.04 Å². The molecule has 18 heavy (non-hydrogen) atoms. The zero-order valence-electron chi connectivity index (χ0n) is 11.4. The van der Waals surface area contributed by atoms with Crippen molar-refractivity contribution in [3.05, 3.63) is 16.9 Å². The third-order valence-corrected chi connectivity index (χ3v) is 3.33. The van der Waals surface area contributed by atoms with Gasteiger partial charge in [0.2, 0.25) is 5.91 Å². The molecule has 1 aromatic heterocycles. The van der Waals surface area contributed by atoms with Gasteiger partial charge in [-0.1, -0.05) is 37.8 Å². The SMILES string of the molecule is CCCCCCNC(=O)C(C)n1cc(Cl)c(C)n1. The average Bonchev–Trinajstić information content (AvgIpc) is 2.68. The lowest BCUT2D eigenvalue weighted by Gasteiger charge is -2.12. The van der Waals surface area contributed by atoms with Crippen LogP contribution in [0.5, 0.6) is 0 Å². The maximum atomic E-state index is 11.9.